The maximum absolute atomic E-state index is 6.06. The molecule has 5 heteroatoms. The molecule has 0 fully saturated rings. The Labute approximate surface area is 105 Å². The molecule has 0 unspecified atom stereocenters. The largest absolute Gasteiger partial charge is 0.339 e. The standard InChI is InChI=1S/C12H14ClN3O/c13-10-6-2-1-5-9(10)12-15-11(17-16-12)7-3-4-8-14/h1-2,5-6H,3-4,7-8,14H2. The van der Waals surface area contributed by atoms with Crippen LogP contribution in [0.15, 0.2) is 28.8 Å². The minimum Gasteiger partial charge on any atom is -0.339 e. The first kappa shape index (κ1) is 12.1. The number of benzene rings is 1. The van der Waals surface area contributed by atoms with E-state index in [2.05, 4.69) is 10.1 Å². The molecule has 0 amide bonds. The molecule has 0 saturated heterocycles. The molecule has 1 heterocycles. The average Bonchev–Trinajstić information content (AvgIpc) is 2.79. The first-order valence-electron chi connectivity index (χ1n) is 5.59. The quantitative estimate of drug-likeness (QED) is 0.830. The Morgan fingerprint density at radius 1 is 1.24 bits per heavy atom. The van der Waals surface area contributed by atoms with Crippen molar-refractivity contribution in [2.45, 2.75) is 19.3 Å². The molecule has 90 valence electrons. The fourth-order valence-electron chi connectivity index (χ4n) is 1.53. The summed E-state index contributed by atoms with van der Waals surface area (Å²) in [5.74, 6) is 1.17. The van der Waals surface area contributed by atoms with Crippen molar-refractivity contribution in [3.8, 4) is 11.4 Å². The van der Waals surface area contributed by atoms with Gasteiger partial charge in [0.05, 0.1) is 5.02 Å². The van der Waals surface area contributed by atoms with Crippen LogP contribution in [0, 0.1) is 0 Å². The highest BCUT2D eigenvalue weighted by molar-refractivity contribution is 6.33. The van der Waals surface area contributed by atoms with Crippen molar-refractivity contribution < 1.29 is 4.52 Å². The van der Waals surface area contributed by atoms with Gasteiger partial charge in [-0.3, -0.25) is 0 Å². The van der Waals surface area contributed by atoms with E-state index in [1.165, 1.54) is 0 Å². The smallest absolute Gasteiger partial charge is 0.226 e. The average molecular weight is 252 g/mol. The van der Waals surface area contributed by atoms with Gasteiger partial charge in [0.2, 0.25) is 11.7 Å². The van der Waals surface area contributed by atoms with Gasteiger partial charge in [0.25, 0.3) is 0 Å². The van der Waals surface area contributed by atoms with Crippen LogP contribution >= 0.6 is 11.6 Å². The topological polar surface area (TPSA) is 64.9 Å². The zero-order valence-electron chi connectivity index (χ0n) is 9.40. The fraction of sp³-hybridized carbons (Fsp3) is 0.333. The van der Waals surface area contributed by atoms with E-state index in [4.69, 9.17) is 21.9 Å². The summed E-state index contributed by atoms with van der Waals surface area (Å²) in [5, 5.41) is 4.55. The summed E-state index contributed by atoms with van der Waals surface area (Å²) in [7, 11) is 0. The van der Waals surface area contributed by atoms with Gasteiger partial charge >= 0.3 is 0 Å². The van der Waals surface area contributed by atoms with E-state index in [9.17, 15) is 0 Å². The molecule has 17 heavy (non-hydrogen) atoms. The molecule has 0 atom stereocenters. The number of hydrogen-bond donors (Lipinski definition) is 1. The molecule has 1 aromatic heterocycles. The van der Waals surface area contributed by atoms with Crippen LogP contribution in [-0.2, 0) is 6.42 Å². The van der Waals surface area contributed by atoms with Crippen LogP contribution in [0.1, 0.15) is 18.7 Å². The number of aryl methyl sites for hydroxylation is 1. The number of nitrogens with zero attached hydrogens (tertiary/aromatic N) is 2. The molecule has 2 N–H and O–H groups in total. The molecule has 0 spiro atoms. The van der Waals surface area contributed by atoms with Crippen molar-refractivity contribution >= 4 is 11.6 Å². The third-order valence-electron chi connectivity index (χ3n) is 2.43. The first-order valence-corrected chi connectivity index (χ1v) is 5.96. The van der Waals surface area contributed by atoms with Gasteiger partial charge in [-0.05, 0) is 31.5 Å². The maximum atomic E-state index is 6.06. The SMILES string of the molecule is NCCCCc1nc(-c2ccccc2Cl)no1. The predicted molar refractivity (Wildman–Crippen MR) is 66.7 cm³/mol. The molecule has 0 aliphatic carbocycles. The molecule has 0 aliphatic rings. The third-order valence-corrected chi connectivity index (χ3v) is 2.76. The minimum absolute atomic E-state index is 0.540. The van der Waals surface area contributed by atoms with Crippen LogP contribution < -0.4 is 5.73 Å². The Morgan fingerprint density at radius 2 is 2.06 bits per heavy atom. The van der Waals surface area contributed by atoms with E-state index in [1.54, 1.807) is 6.07 Å². The summed E-state index contributed by atoms with van der Waals surface area (Å²) < 4.78 is 5.16. The second-order valence-electron chi connectivity index (χ2n) is 3.74. The summed E-state index contributed by atoms with van der Waals surface area (Å²) >= 11 is 6.06. The third kappa shape index (κ3) is 3.05. The van der Waals surface area contributed by atoms with Crippen molar-refractivity contribution in [3.05, 3.63) is 35.2 Å². The summed E-state index contributed by atoms with van der Waals surface area (Å²) in [6.07, 6.45) is 2.68. The molecule has 0 radical (unpaired) electrons. The normalized spacial score (nSPS) is 10.7. The van der Waals surface area contributed by atoms with Crippen LogP contribution in [0.2, 0.25) is 5.02 Å². The van der Waals surface area contributed by atoms with Crippen molar-refractivity contribution in [1.29, 1.82) is 0 Å². The number of nitrogens with two attached hydrogens (primary N) is 1. The zero-order valence-corrected chi connectivity index (χ0v) is 10.2. The van der Waals surface area contributed by atoms with Gasteiger partial charge < -0.3 is 10.3 Å². The van der Waals surface area contributed by atoms with Crippen molar-refractivity contribution in [2.24, 2.45) is 5.73 Å². The van der Waals surface area contributed by atoms with Crippen LogP contribution in [0.5, 0.6) is 0 Å². The molecule has 0 bridgehead atoms. The van der Waals surface area contributed by atoms with Gasteiger partial charge in [-0.1, -0.05) is 28.9 Å². The lowest BCUT2D eigenvalue weighted by Gasteiger charge is -1.96. The monoisotopic (exact) mass is 251 g/mol. The Morgan fingerprint density at radius 3 is 2.82 bits per heavy atom. The van der Waals surface area contributed by atoms with Gasteiger partial charge in [-0.25, -0.2) is 0 Å². The second-order valence-corrected chi connectivity index (χ2v) is 4.14. The second kappa shape index (κ2) is 5.80. The van der Waals surface area contributed by atoms with Crippen molar-refractivity contribution in [1.82, 2.24) is 10.1 Å². The Bertz CT molecular complexity index is 484. The summed E-state index contributed by atoms with van der Waals surface area (Å²) in [6.45, 7) is 0.686. The van der Waals surface area contributed by atoms with Crippen LogP contribution in [-0.4, -0.2) is 16.7 Å². The van der Waals surface area contributed by atoms with Crippen molar-refractivity contribution in [3.63, 3.8) is 0 Å². The highest BCUT2D eigenvalue weighted by Crippen LogP contribution is 2.24. The van der Waals surface area contributed by atoms with Gasteiger partial charge in [0.1, 0.15) is 0 Å². The number of hydrogen-bond acceptors (Lipinski definition) is 4. The molecular formula is C12H14ClN3O. The lowest BCUT2D eigenvalue weighted by molar-refractivity contribution is 0.375. The zero-order chi connectivity index (χ0) is 12.1. The maximum Gasteiger partial charge on any atom is 0.226 e. The summed E-state index contributed by atoms with van der Waals surface area (Å²) in [5.41, 5.74) is 6.22. The lowest BCUT2D eigenvalue weighted by atomic mass is 10.2. The van der Waals surface area contributed by atoms with Gasteiger partial charge in [-0.2, -0.15) is 4.98 Å². The van der Waals surface area contributed by atoms with Crippen LogP contribution in [0.25, 0.3) is 11.4 Å². The van der Waals surface area contributed by atoms with Crippen molar-refractivity contribution in [2.75, 3.05) is 6.54 Å². The molecule has 0 aliphatic heterocycles. The van der Waals surface area contributed by atoms with Gasteiger partial charge in [0.15, 0.2) is 0 Å². The Kier molecular flexibility index (Phi) is 4.12. The highest BCUT2D eigenvalue weighted by atomic mass is 35.5. The highest BCUT2D eigenvalue weighted by Gasteiger charge is 2.10. The van der Waals surface area contributed by atoms with Gasteiger partial charge in [0, 0.05) is 12.0 Å². The molecule has 1 aromatic carbocycles. The lowest BCUT2D eigenvalue weighted by Crippen LogP contribution is -1.99. The molecule has 0 saturated carbocycles. The fourth-order valence-corrected chi connectivity index (χ4v) is 1.75. The first-order chi connectivity index (χ1) is 8.31. The Hall–Kier alpha value is -1.39. The number of unbranched alkanes of at least 4 members (excludes halogenated alkanes) is 1. The Balaban J connectivity index is 2.10. The number of aromatic nitrogens is 2. The molecule has 4 nitrogen and oxygen atoms in total. The van der Waals surface area contributed by atoms with E-state index in [1.807, 2.05) is 18.2 Å². The molecular weight excluding hydrogens is 238 g/mol. The molecule has 2 aromatic rings. The van der Waals surface area contributed by atoms with Crippen LogP contribution in [0.3, 0.4) is 0 Å². The van der Waals surface area contributed by atoms with E-state index in [0.29, 0.717) is 23.3 Å². The predicted octanol–water partition coefficient (Wildman–Crippen LogP) is 2.67. The number of halogens is 1. The molecule has 2 rings (SSSR count). The summed E-state index contributed by atoms with van der Waals surface area (Å²) in [6, 6.07) is 7.44. The van der Waals surface area contributed by atoms with Gasteiger partial charge in [-0.15, -0.1) is 0 Å². The van der Waals surface area contributed by atoms with Crippen LogP contribution in [0.4, 0.5) is 0 Å². The van der Waals surface area contributed by atoms with E-state index >= 15 is 0 Å². The van der Waals surface area contributed by atoms with E-state index < -0.39 is 0 Å². The summed E-state index contributed by atoms with van der Waals surface area (Å²) in [4.78, 5) is 4.31. The minimum atomic E-state index is 0.540. The number of rotatable bonds is 5. The van der Waals surface area contributed by atoms with E-state index in [-0.39, 0.29) is 0 Å². The van der Waals surface area contributed by atoms with E-state index in [0.717, 1.165) is 24.8 Å².